The predicted molar refractivity (Wildman–Crippen MR) is 81.5 cm³/mol. The molecule has 1 saturated heterocycles. The van der Waals surface area contributed by atoms with Gasteiger partial charge in [-0.1, -0.05) is 0 Å². The van der Waals surface area contributed by atoms with Gasteiger partial charge >= 0.3 is 0 Å². The Balaban J connectivity index is 1.78. The smallest absolute Gasteiger partial charge is 0.252 e. The van der Waals surface area contributed by atoms with Crippen molar-refractivity contribution in [1.82, 2.24) is 14.0 Å². The number of likely N-dealkylation sites (tertiary alicyclic amines) is 1. The molecule has 0 bridgehead atoms. The maximum absolute atomic E-state index is 12.3. The van der Waals surface area contributed by atoms with Gasteiger partial charge in [0.2, 0.25) is 0 Å². The Morgan fingerprint density at radius 1 is 1.00 bits per heavy atom. The van der Waals surface area contributed by atoms with Crippen LogP contribution in [0, 0.1) is 6.42 Å². The van der Waals surface area contributed by atoms with Crippen LogP contribution in [0.5, 0.6) is 0 Å². The number of nitrogens with zero attached hydrogens (tertiary/aromatic N) is 3. The lowest BCUT2D eigenvalue weighted by Gasteiger charge is -2.29. The van der Waals surface area contributed by atoms with Crippen molar-refractivity contribution in [1.29, 1.82) is 0 Å². The molecule has 5 nitrogen and oxygen atoms in total. The monoisotopic (exact) mass is 284 g/mol. The van der Waals surface area contributed by atoms with Gasteiger partial charge < -0.3 is 4.90 Å². The molecule has 1 radical (unpaired) electrons. The van der Waals surface area contributed by atoms with Crippen molar-refractivity contribution in [3.05, 3.63) is 51.4 Å². The minimum atomic E-state index is -0.0173. The van der Waals surface area contributed by atoms with Crippen molar-refractivity contribution < 1.29 is 0 Å². The van der Waals surface area contributed by atoms with Gasteiger partial charge in [-0.15, -0.1) is 0 Å². The molecule has 0 spiro atoms. The van der Waals surface area contributed by atoms with Crippen LogP contribution in [-0.4, -0.2) is 33.7 Å². The van der Waals surface area contributed by atoms with Crippen LogP contribution in [0.15, 0.2) is 33.9 Å². The second kappa shape index (κ2) is 4.84. The van der Waals surface area contributed by atoms with Gasteiger partial charge in [-0.3, -0.25) is 18.7 Å². The van der Waals surface area contributed by atoms with E-state index in [0.717, 1.165) is 43.5 Å². The van der Waals surface area contributed by atoms with Crippen LogP contribution >= 0.6 is 0 Å². The van der Waals surface area contributed by atoms with Gasteiger partial charge in [0.1, 0.15) is 5.65 Å². The maximum atomic E-state index is 12.3. The summed E-state index contributed by atoms with van der Waals surface area (Å²) in [5, 5.41) is 0.962. The molecular weight excluding hydrogens is 266 g/mol. The Bertz CT molecular complexity index is 794. The molecule has 2 aromatic rings. The van der Waals surface area contributed by atoms with Gasteiger partial charge in [0.25, 0.3) is 11.1 Å². The Morgan fingerprint density at radius 2 is 1.71 bits per heavy atom. The van der Waals surface area contributed by atoms with Crippen molar-refractivity contribution in [2.75, 3.05) is 19.6 Å². The minimum absolute atomic E-state index is 0.00655. The van der Waals surface area contributed by atoms with E-state index in [2.05, 4.69) is 11.3 Å². The molecule has 1 atom stereocenters. The molecule has 1 fully saturated rings. The van der Waals surface area contributed by atoms with E-state index in [1.165, 1.54) is 0 Å². The summed E-state index contributed by atoms with van der Waals surface area (Å²) in [6.07, 6.45) is 4.54. The standard InChI is InChI=1S/C16H18N3O2/c20-14-6-4-12-5-7-15(21)19-13(11-18(14)16(12)19)10-17-8-2-1-3-9-17/h1,4-7,13H,2-3,8-11H2. The van der Waals surface area contributed by atoms with Gasteiger partial charge in [0, 0.05) is 30.6 Å². The fourth-order valence-corrected chi connectivity index (χ4v) is 3.58. The molecule has 2 aromatic heterocycles. The first kappa shape index (κ1) is 12.8. The summed E-state index contributed by atoms with van der Waals surface area (Å²) in [6.45, 7) is 3.54. The second-order valence-electron chi connectivity index (χ2n) is 5.92. The number of rotatable bonds is 2. The third-order valence-electron chi connectivity index (χ3n) is 4.58. The molecule has 0 N–H and O–H groups in total. The normalized spacial score (nSPS) is 22.0. The zero-order valence-corrected chi connectivity index (χ0v) is 11.9. The summed E-state index contributed by atoms with van der Waals surface area (Å²) in [5.41, 5.74) is 0.757. The van der Waals surface area contributed by atoms with Crippen LogP contribution in [0.2, 0.25) is 0 Å². The third kappa shape index (κ3) is 2.03. The van der Waals surface area contributed by atoms with Gasteiger partial charge in [0.05, 0.1) is 6.04 Å². The molecule has 109 valence electrons. The summed E-state index contributed by atoms with van der Waals surface area (Å²) >= 11 is 0. The molecule has 4 heterocycles. The fourth-order valence-electron chi connectivity index (χ4n) is 3.58. The van der Waals surface area contributed by atoms with E-state index in [1.54, 1.807) is 16.7 Å². The third-order valence-corrected chi connectivity index (χ3v) is 4.58. The summed E-state index contributed by atoms with van der Waals surface area (Å²) in [6, 6.07) is 6.88. The molecule has 4 rings (SSSR count). The highest BCUT2D eigenvalue weighted by Crippen LogP contribution is 2.24. The van der Waals surface area contributed by atoms with Crippen molar-refractivity contribution in [2.45, 2.75) is 25.4 Å². The van der Waals surface area contributed by atoms with E-state index in [9.17, 15) is 9.59 Å². The van der Waals surface area contributed by atoms with Crippen molar-refractivity contribution in [2.24, 2.45) is 0 Å². The average Bonchev–Trinajstić information content (AvgIpc) is 2.88. The summed E-state index contributed by atoms with van der Waals surface area (Å²) < 4.78 is 3.56. The van der Waals surface area contributed by atoms with Crippen molar-refractivity contribution in [3.63, 3.8) is 0 Å². The molecule has 5 heteroatoms. The van der Waals surface area contributed by atoms with Crippen LogP contribution in [0.25, 0.3) is 11.0 Å². The van der Waals surface area contributed by atoms with Crippen LogP contribution in [0.4, 0.5) is 0 Å². The van der Waals surface area contributed by atoms with E-state index in [4.69, 9.17) is 0 Å². The number of hydrogen-bond donors (Lipinski definition) is 0. The molecule has 1 unspecified atom stereocenters. The lowest BCUT2D eigenvalue weighted by Crippen LogP contribution is -2.37. The quantitative estimate of drug-likeness (QED) is 0.827. The van der Waals surface area contributed by atoms with Gasteiger partial charge in [-0.25, -0.2) is 0 Å². The Kier molecular flexibility index (Phi) is 2.96. The molecule has 2 aliphatic rings. The predicted octanol–water partition coefficient (Wildman–Crippen LogP) is 1.02. The summed E-state index contributed by atoms with van der Waals surface area (Å²) in [7, 11) is 0. The number of pyridine rings is 2. The lowest BCUT2D eigenvalue weighted by atomic mass is 10.1. The first-order valence-electron chi connectivity index (χ1n) is 7.53. The summed E-state index contributed by atoms with van der Waals surface area (Å²) in [4.78, 5) is 26.8. The van der Waals surface area contributed by atoms with E-state index in [0.29, 0.717) is 6.54 Å². The molecule has 0 saturated carbocycles. The largest absolute Gasteiger partial charge is 0.301 e. The molecular formula is C16H18N3O2. The zero-order valence-electron chi connectivity index (χ0n) is 11.9. The van der Waals surface area contributed by atoms with Crippen LogP contribution in [0.3, 0.4) is 0 Å². The van der Waals surface area contributed by atoms with Crippen LogP contribution in [-0.2, 0) is 6.54 Å². The van der Waals surface area contributed by atoms with Gasteiger partial charge in [0.15, 0.2) is 0 Å². The topological polar surface area (TPSA) is 47.2 Å². The zero-order chi connectivity index (χ0) is 14.4. The van der Waals surface area contributed by atoms with E-state index in [1.807, 2.05) is 16.7 Å². The molecule has 2 aliphatic heterocycles. The highest BCUT2D eigenvalue weighted by atomic mass is 16.1. The molecule has 0 amide bonds. The van der Waals surface area contributed by atoms with Crippen LogP contribution < -0.4 is 11.1 Å². The van der Waals surface area contributed by atoms with E-state index < -0.39 is 0 Å². The first-order chi connectivity index (χ1) is 10.2. The fraction of sp³-hybridized carbons (Fsp3) is 0.438. The van der Waals surface area contributed by atoms with E-state index >= 15 is 0 Å². The molecule has 0 aliphatic carbocycles. The average molecular weight is 284 g/mol. The van der Waals surface area contributed by atoms with Gasteiger partial charge in [-0.2, -0.15) is 0 Å². The second-order valence-corrected chi connectivity index (χ2v) is 5.92. The number of piperidine rings is 1. The SMILES string of the molecule is O=c1ccc2ccc(=O)n3c2n1CC3CN1CC[CH]CC1. The van der Waals surface area contributed by atoms with Gasteiger partial charge in [-0.05, 0) is 44.5 Å². The van der Waals surface area contributed by atoms with Crippen molar-refractivity contribution >= 4 is 11.0 Å². The Hall–Kier alpha value is -1.88. The number of hydrogen-bond acceptors (Lipinski definition) is 3. The van der Waals surface area contributed by atoms with E-state index in [-0.39, 0.29) is 17.2 Å². The molecule has 21 heavy (non-hydrogen) atoms. The highest BCUT2D eigenvalue weighted by Gasteiger charge is 2.27. The van der Waals surface area contributed by atoms with Crippen LogP contribution in [0.1, 0.15) is 18.9 Å². The Morgan fingerprint density at radius 3 is 2.48 bits per heavy atom. The highest BCUT2D eigenvalue weighted by molar-refractivity contribution is 5.76. The lowest BCUT2D eigenvalue weighted by molar-refractivity contribution is 0.214. The number of aromatic nitrogens is 2. The van der Waals surface area contributed by atoms with Crippen molar-refractivity contribution in [3.8, 4) is 0 Å². The maximum Gasteiger partial charge on any atom is 0.252 e. The minimum Gasteiger partial charge on any atom is -0.301 e. The Labute approximate surface area is 122 Å². The summed E-state index contributed by atoms with van der Waals surface area (Å²) in [5.74, 6) is 0. The first-order valence-corrected chi connectivity index (χ1v) is 7.53. The molecule has 0 aromatic carbocycles.